The van der Waals surface area contributed by atoms with E-state index in [1.54, 1.807) is 6.26 Å². The molecule has 2 aromatic heterocycles. The highest BCUT2D eigenvalue weighted by atomic mass is 79.9. The third-order valence-electron chi connectivity index (χ3n) is 3.05. The van der Waals surface area contributed by atoms with Crippen LogP contribution in [0, 0.1) is 0 Å². The minimum absolute atomic E-state index is 0.0767. The average Bonchev–Trinajstić information content (AvgIpc) is 2.75. The lowest BCUT2D eigenvalue weighted by Crippen LogP contribution is -2.19. The molecule has 0 saturated heterocycles. The van der Waals surface area contributed by atoms with Gasteiger partial charge in [0, 0.05) is 23.5 Å². The first-order chi connectivity index (χ1) is 8.25. The van der Waals surface area contributed by atoms with E-state index in [1.165, 1.54) is 0 Å². The van der Waals surface area contributed by atoms with Crippen LogP contribution in [0.2, 0.25) is 0 Å². The van der Waals surface area contributed by atoms with Crippen molar-refractivity contribution in [3.63, 3.8) is 0 Å². The van der Waals surface area contributed by atoms with Gasteiger partial charge in [0.15, 0.2) is 11.6 Å². The van der Waals surface area contributed by atoms with Gasteiger partial charge in [-0.2, -0.15) is 0 Å². The fourth-order valence-electron chi connectivity index (χ4n) is 2.14. The molecule has 4 nitrogen and oxygen atoms in total. The lowest BCUT2D eigenvalue weighted by molar-refractivity contribution is 0.550. The molecule has 2 heterocycles. The second-order valence-electron chi connectivity index (χ2n) is 4.19. The van der Waals surface area contributed by atoms with Crippen LogP contribution in [-0.2, 0) is 6.42 Å². The van der Waals surface area contributed by atoms with E-state index in [9.17, 15) is 0 Å². The molecule has 0 saturated carbocycles. The van der Waals surface area contributed by atoms with Crippen LogP contribution in [0.5, 0.6) is 0 Å². The predicted molar refractivity (Wildman–Crippen MR) is 67.3 cm³/mol. The minimum atomic E-state index is 0.0767. The minimum Gasteiger partial charge on any atom is -0.460 e. The number of hydrogen-bond donors (Lipinski definition) is 1. The van der Waals surface area contributed by atoms with Gasteiger partial charge in [0.25, 0.3) is 0 Å². The van der Waals surface area contributed by atoms with Crippen LogP contribution in [0.4, 0.5) is 0 Å². The van der Waals surface area contributed by atoms with E-state index >= 15 is 0 Å². The molecule has 0 radical (unpaired) electrons. The Morgan fingerprint density at radius 3 is 3.12 bits per heavy atom. The van der Waals surface area contributed by atoms with Gasteiger partial charge in [0.1, 0.15) is 0 Å². The van der Waals surface area contributed by atoms with Crippen molar-refractivity contribution in [2.75, 3.05) is 0 Å². The maximum absolute atomic E-state index is 6.03. The van der Waals surface area contributed by atoms with Gasteiger partial charge in [-0.25, -0.2) is 9.97 Å². The molecule has 17 heavy (non-hydrogen) atoms. The zero-order valence-corrected chi connectivity index (χ0v) is 10.8. The molecule has 2 N–H and O–H groups in total. The largest absolute Gasteiger partial charge is 0.460 e. The van der Waals surface area contributed by atoms with Gasteiger partial charge in [0.05, 0.1) is 10.7 Å². The predicted octanol–water partition coefficient (Wildman–Crippen LogP) is 2.84. The number of rotatable bonds is 1. The summed E-state index contributed by atoms with van der Waals surface area (Å²) in [7, 11) is 0. The SMILES string of the molecule is NC1CCCc2nc(-c3occc3Br)ncc21. The van der Waals surface area contributed by atoms with Crippen molar-refractivity contribution in [1.29, 1.82) is 0 Å². The summed E-state index contributed by atoms with van der Waals surface area (Å²) in [6, 6.07) is 1.91. The Balaban J connectivity index is 2.07. The monoisotopic (exact) mass is 293 g/mol. The Morgan fingerprint density at radius 2 is 2.35 bits per heavy atom. The molecule has 0 fully saturated rings. The normalized spacial score (nSPS) is 19.1. The zero-order valence-electron chi connectivity index (χ0n) is 9.19. The van der Waals surface area contributed by atoms with Gasteiger partial charge < -0.3 is 10.2 Å². The van der Waals surface area contributed by atoms with Crippen molar-refractivity contribution in [3.05, 3.63) is 34.3 Å². The van der Waals surface area contributed by atoms with Crippen molar-refractivity contribution < 1.29 is 4.42 Å². The molecule has 5 heteroatoms. The quantitative estimate of drug-likeness (QED) is 0.878. The van der Waals surface area contributed by atoms with Crippen LogP contribution in [0.25, 0.3) is 11.6 Å². The van der Waals surface area contributed by atoms with E-state index in [0.717, 1.165) is 35.0 Å². The van der Waals surface area contributed by atoms with Gasteiger partial charge in [-0.1, -0.05) is 0 Å². The fourth-order valence-corrected chi connectivity index (χ4v) is 2.52. The summed E-state index contributed by atoms with van der Waals surface area (Å²) in [5.41, 5.74) is 8.16. The Morgan fingerprint density at radius 1 is 1.47 bits per heavy atom. The summed E-state index contributed by atoms with van der Waals surface area (Å²) >= 11 is 3.41. The van der Waals surface area contributed by atoms with Crippen LogP contribution >= 0.6 is 15.9 Å². The number of hydrogen-bond acceptors (Lipinski definition) is 4. The second-order valence-corrected chi connectivity index (χ2v) is 5.05. The molecule has 1 aliphatic rings. The summed E-state index contributed by atoms with van der Waals surface area (Å²) in [5.74, 6) is 1.29. The topological polar surface area (TPSA) is 64.9 Å². The number of aryl methyl sites for hydroxylation is 1. The molecule has 88 valence electrons. The zero-order chi connectivity index (χ0) is 11.8. The van der Waals surface area contributed by atoms with Crippen LogP contribution in [0.15, 0.2) is 27.4 Å². The smallest absolute Gasteiger partial charge is 0.197 e. The molecule has 3 rings (SSSR count). The molecule has 1 aliphatic carbocycles. The maximum atomic E-state index is 6.03. The average molecular weight is 294 g/mol. The van der Waals surface area contributed by atoms with Crippen molar-refractivity contribution >= 4 is 15.9 Å². The lowest BCUT2D eigenvalue weighted by atomic mass is 9.93. The van der Waals surface area contributed by atoms with Crippen LogP contribution in [0.1, 0.15) is 30.1 Å². The van der Waals surface area contributed by atoms with E-state index in [0.29, 0.717) is 11.6 Å². The Bertz CT molecular complexity index is 552. The Kier molecular flexibility index (Phi) is 2.72. The highest BCUT2D eigenvalue weighted by Crippen LogP contribution is 2.30. The summed E-state index contributed by atoms with van der Waals surface area (Å²) < 4.78 is 6.24. The fraction of sp³-hybridized carbons (Fsp3) is 0.333. The molecule has 0 amide bonds. The van der Waals surface area contributed by atoms with Crippen molar-refractivity contribution in [2.45, 2.75) is 25.3 Å². The molecule has 0 aliphatic heterocycles. The molecule has 2 aromatic rings. The Hall–Kier alpha value is -1.20. The number of nitrogens with two attached hydrogens (primary N) is 1. The van der Waals surface area contributed by atoms with Gasteiger partial charge in [-0.15, -0.1) is 0 Å². The van der Waals surface area contributed by atoms with Crippen molar-refractivity contribution in [3.8, 4) is 11.6 Å². The summed E-state index contributed by atoms with van der Waals surface area (Å²) in [6.45, 7) is 0. The van der Waals surface area contributed by atoms with E-state index < -0.39 is 0 Å². The molecule has 1 unspecified atom stereocenters. The molecular weight excluding hydrogens is 282 g/mol. The van der Waals surface area contributed by atoms with Gasteiger partial charge in [0.2, 0.25) is 0 Å². The first kappa shape index (κ1) is 10.9. The number of furan rings is 1. The summed E-state index contributed by atoms with van der Waals surface area (Å²) in [4.78, 5) is 8.88. The highest BCUT2D eigenvalue weighted by molar-refractivity contribution is 9.10. The van der Waals surface area contributed by atoms with E-state index in [2.05, 4.69) is 25.9 Å². The van der Waals surface area contributed by atoms with Gasteiger partial charge in [-0.3, -0.25) is 0 Å². The number of aromatic nitrogens is 2. The molecular formula is C12H12BrN3O. The standard InChI is InChI=1S/C12H12BrN3O/c13-8-4-5-17-11(8)12-15-6-7-9(14)2-1-3-10(7)16-12/h4-6,9H,1-3,14H2. The maximum Gasteiger partial charge on any atom is 0.197 e. The molecule has 0 aromatic carbocycles. The highest BCUT2D eigenvalue weighted by Gasteiger charge is 2.20. The van der Waals surface area contributed by atoms with Crippen LogP contribution in [-0.4, -0.2) is 9.97 Å². The van der Waals surface area contributed by atoms with Crippen LogP contribution in [0.3, 0.4) is 0 Å². The van der Waals surface area contributed by atoms with E-state index in [4.69, 9.17) is 10.2 Å². The van der Waals surface area contributed by atoms with E-state index in [-0.39, 0.29) is 6.04 Å². The lowest BCUT2D eigenvalue weighted by Gasteiger charge is -2.20. The number of halogens is 1. The third-order valence-corrected chi connectivity index (χ3v) is 3.67. The van der Waals surface area contributed by atoms with Gasteiger partial charge >= 0.3 is 0 Å². The van der Waals surface area contributed by atoms with Crippen molar-refractivity contribution in [2.24, 2.45) is 5.73 Å². The van der Waals surface area contributed by atoms with Crippen LogP contribution < -0.4 is 5.73 Å². The van der Waals surface area contributed by atoms with E-state index in [1.807, 2.05) is 12.3 Å². The Labute approximate surface area is 107 Å². The van der Waals surface area contributed by atoms with Gasteiger partial charge in [-0.05, 0) is 41.3 Å². The molecule has 1 atom stereocenters. The summed E-state index contributed by atoms with van der Waals surface area (Å²) in [5, 5.41) is 0. The number of nitrogens with zero attached hydrogens (tertiary/aromatic N) is 2. The second kappa shape index (κ2) is 4.23. The third kappa shape index (κ3) is 1.89. The first-order valence-corrected chi connectivity index (χ1v) is 6.40. The molecule has 0 spiro atoms. The first-order valence-electron chi connectivity index (χ1n) is 5.60. The summed E-state index contributed by atoms with van der Waals surface area (Å²) in [6.07, 6.45) is 6.52. The number of fused-ring (bicyclic) bond motifs is 1. The molecule has 0 bridgehead atoms. The van der Waals surface area contributed by atoms with Crippen molar-refractivity contribution in [1.82, 2.24) is 9.97 Å².